The van der Waals surface area contributed by atoms with Crippen LogP contribution >= 0.6 is 11.3 Å². The highest BCUT2D eigenvalue weighted by atomic mass is 32.1. The Balaban J connectivity index is 1.44. The molecule has 0 saturated heterocycles. The minimum absolute atomic E-state index is 0.156. The lowest BCUT2D eigenvalue weighted by Crippen LogP contribution is -2.37. The summed E-state index contributed by atoms with van der Waals surface area (Å²) in [5.74, 6) is 1.45. The molecule has 0 unspecified atom stereocenters. The second kappa shape index (κ2) is 19.2. The molecule has 0 aliphatic heterocycles. The molecule has 0 saturated carbocycles. The Hall–Kier alpha value is -3.06. The molecule has 3 rings (SSSR count). The number of carbonyl (C=O) groups excluding carboxylic acids is 1. The third-order valence-electron chi connectivity index (χ3n) is 7.62. The molecule has 1 aromatic heterocycles. The number of nitrogens with one attached hydrogen (secondary N) is 1. The van der Waals surface area contributed by atoms with Crippen LogP contribution in [0.1, 0.15) is 100.0 Å². The molecule has 0 bridgehead atoms. The van der Waals surface area contributed by atoms with E-state index in [2.05, 4.69) is 47.6 Å². The van der Waals surface area contributed by atoms with Crippen molar-refractivity contribution in [2.75, 3.05) is 25.7 Å². The van der Waals surface area contributed by atoms with Crippen molar-refractivity contribution in [3.8, 4) is 11.5 Å². The summed E-state index contributed by atoms with van der Waals surface area (Å²) < 4.78 is 13.9. The van der Waals surface area contributed by atoms with Gasteiger partial charge in [0.25, 0.3) is 0 Å². The van der Waals surface area contributed by atoms with Crippen LogP contribution in [0.5, 0.6) is 11.5 Å². The van der Waals surface area contributed by atoms with E-state index < -0.39 is 0 Å². The summed E-state index contributed by atoms with van der Waals surface area (Å²) in [7, 11) is 3.32. The van der Waals surface area contributed by atoms with Gasteiger partial charge in [0.2, 0.25) is 5.51 Å². The van der Waals surface area contributed by atoms with Crippen molar-refractivity contribution >= 4 is 23.1 Å². The lowest BCUT2D eigenvalue weighted by molar-refractivity contribution is -0.683. The van der Waals surface area contributed by atoms with E-state index >= 15 is 0 Å². The van der Waals surface area contributed by atoms with Crippen LogP contribution in [0.4, 0.5) is 10.5 Å². The monoisotopic (exact) mass is 594 g/mol. The van der Waals surface area contributed by atoms with Gasteiger partial charge < -0.3 is 14.8 Å². The van der Waals surface area contributed by atoms with Crippen LogP contribution < -0.4 is 24.3 Å². The Bertz CT molecular complexity index is 1180. The first-order valence-electron chi connectivity index (χ1n) is 15.9. The molecule has 0 radical (unpaired) electrons. The summed E-state index contributed by atoms with van der Waals surface area (Å²) >= 11 is 1.74. The number of urea groups is 1. The topological polar surface area (TPSA) is 54.7 Å². The highest BCUT2D eigenvalue weighted by Crippen LogP contribution is 2.30. The van der Waals surface area contributed by atoms with Crippen molar-refractivity contribution in [3.63, 3.8) is 0 Å². The summed E-state index contributed by atoms with van der Waals surface area (Å²) in [5, 5.41) is 2.78. The first-order chi connectivity index (χ1) is 20.5. The number of aryl methyl sites for hydroxylation is 1. The van der Waals surface area contributed by atoms with Gasteiger partial charge in [-0.25, -0.2) is 4.79 Å². The van der Waals surface area contributed by atoms with Gasteiger partial charge in [0, 0.05) is 18.3 Å². The Morgan fingerprint density at radius 1 is 0.857 bits per heavy atom. The Kier molecular flexibility index (Phi) is 15.3. The van der Waals surface area contributed by atoms with Crippen molar-refractivity contribution in [2.45, 2.75) is 104 Å². The van der Waals surface area contributed by atoms with E-state index in [1.54, 1.807) is 30.4 Å². The Labute approximate surface area is 258 Å². The zero-order chi connectivity index (χ0) is 30.0. The molecular weight excluding hydrogens is 542 g/mol. The second-order valence-corrected chi connectivity index (χ2v) is 12.3. The molecule has 3 aromatic rings. The van der Waals surface area contributed by atoms with Crippen molar-refractivity contribution in [1.82, 2.24) is 5.32 Å². The summed E-state index contributed by atoms with van der Waals surface area (Å²) in [4.78, 5) is 15.9. The standard InChI is InChI=1S/C35H51N3O3S/c1-5-6-7-8-9-10-11-12-13-14-15-16-23-41-33-22-19-31(24-34(33)40-4)27-38(35(39)36-3)32-20-17-30(18-21-32)26-37-25-29(2)42-28-37/h17-22,24-25,28H,5-16,23,26-27H2,1-4H3/p+1. The molecule has 2 amide bonds. The molecule has 0 aliphatic rings. The number of ether oxygens (including phenoxy) is 2. The molecule has 230 valence electrons. The molecule has 2 aromatic carbocycles. The van der Waals surface area contributed by atoms with Gasteiger partial charge >= 0.3 is 6.03 Å². The molecule has 42 heavy (non-hydrogen) atoms. The molecular formula is C35H52N3O3S+. The number of nitrogens with zero attached hydrogens (tertiary/aromatic N) is 2. The van der Waals surface area contributed by atoms with E-state index in [1.807, 2.05) is 30.3 Å². The summed E-state index contributed by atoms with van der Waals surface area (Å²) in [5.41, 5.74) is 5.13. The number of rotatable bonds is 20. The summed E-state index contributed by atoms with van der Waals surface area (Å²) in [6, 6.07) is 14.0. The zero-order valence-electron chi connectivity index (χ0n) is 26.3. The van der Waals surface area contributed by atoms with Gasteiger partial charge in [0.05, 0.1) is 25.1 Å². The maximum absolute atomic E-state index is 12.8. The van der Waals surface area contributed by atoms with Crippen LogP contribution in [0, 0.1) is 6.92 Å². The number of methoxy groups -OCH3 is 1. The number of anilines is 1. The lowest BCUT2D eigenvalue weighted by atomic mass is 10.1. The van der Waals surface area contributed by atoms with Gasteiger partial charge in [-0.05, 0) is 43.2 Å². The fraction of sp³-hybridized carbons (Fsp3) is 0.543. The van der Waals surface area contributed by atoms with Crippen LogP contribution in [-0.2, 0) is 13.1 Å². The van der Waals surface area contributed by atoms with Crippen molar-refractivity contribution in [1.29, 1.82) is 0 Å². The van der Waals surface area contributed by atoms with Crippen LogP contribution in [0.2, 0.25) is 0 Å². The molecule has 0 aliphatic carbocycles. The number of unbranched alkanes of at least 4 members (excludes halogenated alkanes) is 11. The number of thiazole rings is 1. The van der Waals surface area contributed by atoms with E-state index in [-0.39, 0.29) is 6.03 Å². The van der Waals surface area contributed by atoms with Gasteiger partial charge in [0.1, 0.15) is 0 Å². The molecule has 7 heteroatoms. The normalized spacial score (nSPS) is 11.0. The number of benzene rings is 2. The van der Waals surface area contributed by atoms with Gasteiger partial charge in [-0.15, -0.1) is 0 Å². The third-order valence-corrected chi connectivity index (χ3v) is 8.47. The molecule has 0 fully saturated rings. The van der Waals surface area contributed by atoms with E-state index in [4.69, 9.17) is 9.47 Å². The number of carbonyl (C=O) groups is 1. The summed E-state index contributed by atoms with van der Waals surface area (Å²) in [6.45, 7) is 6.30. The number of amides is 2. The zero-order valence-corrected chi connectivity index (χ0v) is 27.1. The third kappa shape index (κ3) is 11.7. The van der Waals surface area contributed by atoms with Gasteiger partial charge in [-0.2, -0.15) is 4.57 Å². The van der Waals surface area contributed by atoms with Crippen molar-refractivity contribution in [3.05, 3.63) is 70.2 Å². The van der Waals surface area contributed by atoms with Crippen LogP contribution in [0.3, 0.4) is 0 Å². The predicted octanol–water partition coefficient (Wildman–Crippen LogP) is 8.83. The van der Waals surface area contributed by atoms with Crippen molar-refractivity contribution < 1.29 is 18.8 Å². The van der Waals surface area contributed by atoms with Crippen LogP contribution in [0.25, 0.3) is 0 Å². The SMILES string of the molecule is CCCCCCCCCCCCCCOc1ccc(CN(C(=O)NC)c2ccc(C[n+]3csc(C)c3)cc2)cc1OC. The van der Waals surface area contributed by atoms with E-state index in [1.165, 1.54) is 81.1 Å². The van der Waals surface area contributed by atoms with E-state index in [0.717, 1.165) is 30.0 Å². The minimum Gasteiger partial charge on any atom is -0.493 e. The minimum atomic E-state index is -0.156. The highest BCUT2D eigenvalue weighted by molar-refractivity contribution is 7.09. The van der Waals surface area contributed by atoms with Crippen LogP contribution in [0.15, 0.2) is 54.2 Å². The van der Waals surface area contributed by atoms with E-state index in [9.17, 15) is 4.79 Å². The molecule has 1 N–H and O–H groups in total. The summed E-state index contributed by atoms with van der Waals surface area (Å²) in [6.07, 6.45) is 18.1. The average molecular weight is 595 g/mol. The molecule has 0 spiro atoms. The van der Waals surface area contributed by atoms with E-state index in [0.29, 0.717) is 18.9 Å². The lowest BCUT2D eigenvalue weighted by Gasteiger charge is -2.23. The van der Waals surface area contributed by atoms with Gasteiger partial charge in [-0.3, -0.25) is 4.90 Å². The number of aromatic nitrogens is 1. The predicted molar refractivity (Wildman–Crippen MR) is 175 cm³/mol. The average Bonchev–Trinajstić information content (AvgIpc) is 3.42. The van der Waals surface area contributed by atoms with Gasteiger partial charge in [-0.1, -0.05) is 107 Å². The maximum Gasteiger partial charge on any atom is 0.321 e. The largest absolute Gasteiger partial charge is 0.493 e. The Morgan fingerprint density at radius 2 is 1.48 bits per heavy atom. The number of hydrogen-bond donors (Lipinski definition) is 1. The van der Waals surface area contributed by atoms with Crippen LogP contribution in [-0.4, -0.2) is 26.8 Å². The first kappa shape index (κ1) is 33.4. The highest BCUT2D eigenvalue weighted by Gasteiger charge is 2.17. The molecule has 1 heterocycles. The smallest absolute Gasteiger partial charge is 0.321 e. The fourth-order valence-corrected chi connectivity index (χ4v) is 5.81. The first-order valence-corrected chi connectivity index (χ1v) is 16.7. The second-order valence-electron chi connectivity index (χ2n) is 11.2. The molecule has 6 nitrogen and oxygen atoms in total. The van der Waals surface area contributed by atoms with Gasteiger partial charge in [0.15, 0.2) is 24.2 Å². The quantitative estimate of drug-likeness (QED) is 0.105. The number of hydrogen-bond acceptors (Lipinski definition) is 4. The van der Waals surface area contributed by atoms with Crippen molar-refractivity contribution in [2.24, 2.45) is 0 Å². The fourth-order valence-electron chi connectivity index (χ4n) is 5.17. The molecule has 0 atom stereocenters. The maximum atomic E-state index is 12.8. The Morgan fingerprint density at radius 3 is 2.05 bits per heavy atom.